The molecule has 1 aromatic heterocycles. The largest absolute Gasteiger partial charge is 0.482 e. The van der Waals surface area contributed by atoms with Crippen molar-refractivity contribution in [2.45, 2.75) is 39.7 Å². The number of piperidine rings is 1. The van der Waals surface area contributed by atoms with Crippen molar-refractivity contribution in [2.75, 3.05) is 6.54 Å². The minimum atomic E-state index is -0.591. The van der Waals surface area contributed by atoms with Crippen LogP contribution in [0.2, 0.25) is 0 Å². The fourth-order valence-electron chi connectivity index (χ4n) is 2.96. The zero-order valence-corrected chi connectivity index (χ0v) is 15.9. The zero-order chi connectivity index (χ0) is 19.1. The Morgan fingerprint density at radius 1 is 1.35 bits per heavy atom. The molecule has 0 aliphatic carbocycles. The molecule has 140 valence electrons. The van der Waals surface area contributed by atoms with E-state index < -0.39 is 17.6 Å². The molecule has 1 N–H and O–H groups in total. The van der Waals surface area contributed by atoms with Crippen molar-refractivity contribution < 1.29 is 19.1 Å². The SMILES string of the molecule is CC(C)C(CC(=S)OCc1ccncc1)C(=O)CC1CCNC(=O)C1=O. The summed E-state index contributed by atoms with van der Waals surface area (Å²) in [5.41, 5.74) is 0.952. The molecule has 1 aromatic rings. The van der Waals surface area contributed by atoms with E-state index in [2.05, 4.69) is 10.3 Å². The Hall–Kier alpha value is -2.15. The number of carbonyl (C=O) groups excluding carboxylic acids is 3. The average molecular weight is 376 g/mol. The molecule has 0 radical (unpaired) electrons. The summed E-state index contributed by atoms with van der Waals surface area (Å²) in [6, 6.07) is 3.68. The van der Waals surface area contributed by atoms with Crippen LogP contribution in [-0.2, 0) is 25.7 Å². The van der Waals surface area contributed by atoms with E-state index in [1.165, 1.54) is 0 Å². The van der Waals surface area contributed by atoms with Gasteiger partial charge >= 0.3 is 0 Å². The number of ether oxygens (including phenoxy) is 1. The van der Waals surface area contributed by atoms with Crippen molar-refractivity contribution in [1.82, 2.24) is 10.3 Å². The maximum absolute atomic E-state index is 12.7. The molecule has 2 atom stereocenters. The van der Waals surface area contributed by atoms with Gasteiger partial charge in [-0.1, -0.05) is 13.8 Å². The summed E-state index contributed by atoms with van der Waals surface area (Å²) >= 11 is 5.29. The first kappa shape index (κ1) is 20.2. The number of carbonyl (C=O) groups is 3. The van der Waals surface area contributed by atoms with Crippen molar-refractivity contribution in [3.05, 3.63) is 30.1 Å². The second-order valence-electron chi connectivity index (χ2n) is 6.85. The van der Waals surface area contributed by atoms with Crippen molar-refractivity contribution >= 4 is 34.7 Å². The number of rotatable bonds is 8. The number of aromatic nitrogens is 1. The third-order valence-electron chi connectivity index (χ3n) is 4.57. The Morgan fingerprint density at radius 3 is 2.69 bits per heavy atom. The van der Waals surface area contributed by atoms with Crippen LogP contribution in [-0.4, -0.2) is 34.1 Å². The molecule has 2 rings (SSSR count). The summed E-state index contributed by atoms with van der Waals surface area (Å²) in [5, 5.41) is 2.88. The fraction of sp³-hybridized carbons (Fsp3) is 0.526. The molecule has 2 heterocycles. The third kappa shape index (κ3) is 5.69. The van der Waals surface area contributed by atoms with E-state index in [0.29, 0.717) is 31.0 Å². The first-order valence-corrected chi connectivity index (χ1v) is 9.18. The predicted octanol–water partition coefficient (Wildman–Crippen LogP) is 2.25. The first-order valence-electron chi connectivity index (χ1n) is 8.77. The highest BCUT2D eigenvalue weighted by Crippen LogP contribution is 2.24. The van der Waals surface area contributed by atoms with Crippen LogP contribution in [0.5, 0.6) is 0 Å². The van der Waals surface area contributed by atoms with Gasteiger partial charge in [0.15, 0.2) is 5.05 Å². The molecule has 1 amide bonds. The molecular weight excluding hydrogens is 352 g/mol. The Kier molecular flexibility index (Phi) is 7.38. The van der Waals surface area contributed by atoms with E-state index in [4.69, 9.17) is 17.0 Å². The van der Waals surface area contributed by atoms with Gasteiger partial charge in [-0.15, -0.1) is 0 Å². The number of Topliss-reactive ketones (excluding diaryl/α,β-unsaturated/α-hetero) is 2. The maximum atomic E-state index is 12.7. The molecule has 26 heavy (non-hydrogen) atoms. The molecule has 1 aliphatic rings. The van der Waals surface area contributed by atoms with Gasteiger partial charge in [0.25, 0.3) is 5.91 Å². The molecule has 0 bridgehead atoms. The molecule has 1 aliphatic heterocycles. The van der Waals surface area contributed by atoms with Gasteiger partial charge in [0.1, 0.15) is 12.4 Å². The monoisotopic (exact) mass is 376 g/mol. The number of pyridine rings is 1. The van der Waals surface area contributed by atoms with Crippen molar-refractivity contribution in [3.8, 4) is 0 Å². The Balaban J connectivity index is 1.90. The van der Waals surface area contributed by atoms with Crippen LogP contribution in [0.4, 0.5) is 0 Å². The van der Waals surface area contributed by atoms with Gasteiger partial charge in [0.05, 0.1) is 0 Å². The summed E-state index contributed by atoms with van der Waals surface area (Å²) in [4.78, 5) is 40.0. The number of thiocarbonyl (C=S) groups is 1. The number of nitrogens with one attached hydrogen (secondary N) is 1. The van der Waals surface area contributed by atoms with E-state index in [1.807, 2.05) is 26.0 Å². The van der Waals surface area contributed by atoms with Gasteiger partial charge in [-0.05, 0) is 42.3 Å². The second-order valence-corrected chi connectivity index (χ2v) is 7.30. The first-order chi connectivity index (χ1) is 12.4. The highest BCUT2D eigenvalue weighted by atomic mass is 32.1. The standard InChI is InChI=1S/C19H24N2O4S/c1-12(2)15(10-17(26)25-11-13-3-6-20-7-4-13)16(22)9-14-5-8-21-19(24)18(14)23/h3-4,6-7,12,14-15H,5,8-11H2,1-2H3,(H,21,24). The van der Waals surface area contributed by atoms with E-state index in [0.717, 1.165) is 5.56 Å². The molecule has 6 nitrogen and oxygen atoms in total. The zero-order valence-electron chi connectivity index (χ0n) is 15.1. The van der Waals surface area contributed by atoms with Crippen molar-refractivity contribution in [1.29, 1.82) is 0 Å². The lowest BCUT2D eigenvalue weighted by atomic mass is 9.82. The van der Waals surface area contributed by atoms with Crippen LogP contribution in [0.15, 0.2) is 24.5 Å². The Bertz CT molecular complexity index is 675. The molecule has 1 saturated heterocycles. The van der Waals surface area contributed by atoms with E-state index in [1.54, 1.807) is 12.4 Å². The minimum absolute atomic E-state index is 0.0390. The van der Waals surface area contributed by atoms with Gasteiger partial charge in [-0.25, -0.2) is 0 Å². The summed E-state index contributed by atoms with van der Waals surface area (Å²) < 4.78 is 5.61. The third-order valence-corrected chi connectivity index (χ3v) is 4.86. The van der Waals surface area contributed by atoms with E-state index >= 15 is 0 Å². The lowest BCUT2D eigenvalue weighted by molar-refractivity contribution is -0.143. The summed E-state index contributed by atoms with van der Waals surface area (Å²) in [5.74, 6) is -1.91. The van der Waals surface area contributed by atoms with Gasteiger partial charge in [-0.2, -0.15) is 0 Å². The van der Waals surface area contributed by atoms with Gasteiger partial charge < -0.3 is 10.1 Å². The topological polar surface area (TPSA) is 85.4 Å². The minimum Gasteiger partial charge on any atom is -0.482 e. The number of hydrogen-bond donors (Lipinski definition) is 1. The van der Waals surface area contributed by atoms with Crippen LogP contribution in [0.25, 0.3) is 0 Å². The lowest BCUT2D eigenvalue weighted by Crippen LogP contribution is -2.43. The fourth-order valence-corrected chi connectivity index (χ4v) is 3.19. The summed E-state index contributed by atoms with van der Waals surface area (Å²) in [7, 11) is 0. The van der Waals surface area contributed by atoms with Crippen LogP contribution in [0.1, 0.15) is 38.7 Å². The highest BCUT2D eigenvalue weighted by Gasteiger charge is 2.34. The molecule has 7 heteroatoms. The molecule has 0 aromatic carbocycles. The quantitative estimate of drug-likeness (QED) is 0.553. The number of amides is 1. The summed E-state index contributed by atoms with van der Waals surface area (Å²) in [6.07, 6.45) is 4.29. The van der Waals surface area contributed by atoms with Crippen molar-refractivity contribution in [3.63, 3.8) is 0 Å². The normalized spacial score (nSPS) is 18.3. The maximum Gasteiger partial charge on any atom is 0.287 e. The Labute approximate surface area is 158 Å². The molecular formula is C19H24N2O4S. The Morgan fingerprint density at radius 2 is 2.04 bits per heavy atom. The number of ketones is 2. The molecule has 1 fully saturated rings. The number of hydrogen-bond acceptors (Lipinski definition) is 6. The highest BCUT2D eigenvalue weighted by molar-refractivity contribution is 7.80. The van der Waals surface area contributed by atoms with Crippen LogP contribution >= 0.6 is 12.2 Å². The molecule has 2 unspecified atom stereocenters. The number of nitrogens with zero attached hydrogens (tertiary/aromatic N) is 1. The van der Waals surface area contributed by atoms with Crippen LogP contribution in [0, 0.1) is 17.8 Å². The van der Waals surface area contributed by atoms with Crippen LogP contribution in [0.3, 0.4) is 0 Å². The molecule has 0 spiro atoms. The predicted molar refractivity (Wildman–Crippen MR) is 100 cm³/mol. The second kappa shape index (κ2) is 9.52. The molecule has 0 saturated carbocycles. The summed E-state index contributed by atoms with van der Waals surface area (Å²) in [6.45, 7) is 4.66. The lowest BCUT2D eigenvalue weighted by Gasteiger charge is -2.24. The van der Waals surface area contributed by atoms with Gasteiger partial charge in [0, 0.05) is 43.6 Å². The van der Waals surface area contributed by atoms with Gasteiger partial charge in [-0.3, -0.25) is 19.4 Å². The van der Waals surface area contributed by atoms with Gasteiger partial charge in [0.2, 0.25) is 5.78 Å². The smallest absolute Gasteiger partial charge is 0.287 e. The average Bonchev–Trinajstić information content (AvgIpc) is 2.62. The van der Waals surface area contributed by atoms with E-state index in [-0.39, 0.29) is 24.0 Å². The van der Waals surface area contributed by atoms with Crippen LogP contribution < -0.4 is 5.32 Å². The van der Waals surface area contributed by atoms with E-state index in [9.17, 15) is 14.4 Å². The van der Waals surface area contributed by atoms with Crippen molar-refractivity contribution in [2.24, 2.45) is 17.8 Å².